The molecule has 0 heterocycles. The van der Waals surface area contributed by atoms with Crippen molar-refractivity contribution in [3.63, 3.8) is 0 Å². The molecule has 0 aliphatic heterocycles. The third kappa shape index (κ3) is 5.63. The first-order valence-corrected chi connectivity index (χ1v) is 6.99. The summed E-state index contributed by atoms with van der Waals surface area (Å²) in [6.45, 7) is 4.66. The van der Waals surface area contributed by atoms with Crippen LogP contribution in [-0.4, -0.2) is 24.6 Å². The van der Waals surface area contributed by atoms with Gasteiger partial charge in [-0.2, -0.15) is 0 Å². The van der Waals surface area contributed by atoms with E-state index in [0.717, 1.165) is 0 Å². The van der Waals surface area contributed by atoms with E-state index < -0.39 is 0 Å². The van der Waals surface area contributed by atoms with E-state index >= 15 is 0 Å². The zero-order valence-corrected chi connectivity index (χ0v) is 9.32. The molecule has 0 aliphatic carbocycles. The van der Waals surface area contributed by atoms with Gasteiger partial charge in [-0.3, -0.25) is 0 Å². The van der Waals surface area contributed by atoms with Gasteiger partial charge in [0.15, 0.2) is 0 Å². The molecule has 0 bridgehead atoms. The van der Waals surface area contributed by atoms with Crippen LogP contribution in [0.25, 0.3) is 0 Å². The van der Waals surface area contributed by atoms with Crippen LogP contribution in [0.4, 0.5) is 0 Å². The fourth-order valence-corrected chi connectivity index (χ4v) is 3.06. The topological polar surface area (TPSA) is 0 Å². The van der Waals surface area contributed by atoms with Gasteiger partial charge >= 0.3 is 0 Å². The summed E-state index contributed by atoms with van der Waals surface area (Å²) < 4.78 is 0. The Labute approximate surface area is 69.1 Å². The van der Waals surface area contributed by atoms with Crippen molar-refractivity contribution in [1.82, 2.24) is 0 Å². The molecule has 0 saturated heterocycles. The maximum Gasteiger partial charge on any atom is -0.0326 e. The molecule has 0 spiro atoms. The average molecular weight is 178 g/mol. The minimum Gasteiger partial charge on any atom is -0.138 e. The van der Waals surface area contributed by atoms with Crippen LogP contribution in [-0.2, 0) is 0 Å². The molecule has 1 atom stereocenters. The normalized spacial score (nSPS) is 10.8. The molecule has 0 aromatic carbocycles. The van der Waals surface area contributed by atoms with Gasteiger partial charge in [-0.05, 0) is 37.5 Å². The molecule has 0 radical (unpaired) electrons. The highest BCUT2D eigenvalue weighted by Crippen LogP contribution is 2.34. The van der Waals surface area contributed by atoms with Gasteiger partial charge in [0.2, 0.25) is 0 Å². The van der Waals surface area contributed by atoms with Gasteiger partial charge in [-0.1, -0.05) is 13.8 Å². The summed E-state index contributed by atoms with van der Waals surface area (Å²) in [5, 5.41) is 0. The van der Waals surface area contributed by atoms with E-state index in [1.54, 1.807) is 0 Å². The minimum absolute atomic E-state index is 0.423. The second-order valence-electron chi connectivity index (χ2n) is 2.52. The Bertz CT molecular complexity index is 60.3. The van der Waals surface area contributed by atoms with Crippen LogP contribution in [0.5, 0.6) is 0 Å². The van der Waals surface area contributed by atoms with Crippen molar-refractivity contribution < 1.29 is 0 Å². The summed E-state index contributed by atoms with van der Waals surface area (Å²) in [5.74, 6) is 0. The molecule has 0 nitrogen and oxygen atoms in total. The lowest BCUT2D eigenvalue weighted by Gasteiger charge is -2.11. The van der Waals surface area contributed by atoms with Crippen LogP contribution in [0.2, 0.25) is 0 Å². The molecule has 0 aromatic heterocycles. The third-order valence-corrected chi connectivity index (χ3v) is 4.97. The van der Waals surface area contributed by atoms with Gasteiger partial charge in [0.05, 0.1) is 0 Å². The monoisotopic (exact) mass is 178 g/mol. The average Bonchev–Trinajstić information content (AvgIpc) is 1.99. The zero-order chi connectivity index (χ0) is 7.82. The molecule has 0 aliphatic rings. The summed E-state index contributed by atoms with van der Waals surface area (Å²) in [4.78, 5) is 0. The number of hydrogen-bond donors (Lipinski definition) is 0. The van der Waals surface area contributed by atoms with E-state index in [4.69, 9.17) is 0 Å². The largest absolute Gasteiger partial charge is 0.138 e. The predicted molar refractivity (Wildman–Crippen MR) is 56.7 cm³/mol. The standard InChI is InChI=1S/C8H20P2/c1-3-10(4-2)8-6-5-7-9/h3-9H2,1-2H3. The predicted octanol–water partition coefficient (Wildman–Crippen LogP) is 3.16. The first-order chi connectivity index (χ1) is 4.85. The lowest BCUT2D eigenvalue weighted by atomic mass is 10.4. The Morgan fingerprint density at radius 3 is 2.10 bits per heavy atom. The Kier molecular flexibility index (Phi) is 8.65. The Morgan fingerprint density at radius 2 is 1.70 bits per heavy atom. The molecule has 10 heavy (non-hydrogen) atoms. The number of hydrogen-bond acceptors (Lipinski definition) is 0. The molecule has 0 saturated carbocycles. The smallest absolute Gasteiger partial charge is 0.0326 e. The number of rotatable bonds is 6. The van der Waals surface area contributed by atoms with Crippen LogP contribution in [0, 0.1) is 0 Å². The second-order valence-corrected chi connectivity index (χ2v) is 6.15. The number of unbranched alkanes of at least 4 members (excludes halogenated alkanes) is 1. The van der Waals surface area contributed by atoms with Gasteiger partial charge in [0, 0.05) is 0 Å². The van der Waals surface area contributed by atoms with Crippen molar-refractivity contribution in [3.8, 4) is 0 Å². The highest BCUT2D eigenvalue weighted by molar-refractivity contribution is 7.57. The Morgan fingerprint density at radius 1 is 1.10 bits per heavy atom. The molecule has 0 N–H and O–H groups in total. The van der Waals surface area contributed by atoms with Gasteiger partial charge in [-0.15, -0.1) is 17.2 Å². The van der Waals surface area contributed by atoms with Crippen LogP contribution < -0.4 is 0 Å². The summed E-state index contributed by atoms with van der Waals surface area (Å²) in [6, 6.07) is 0. The van der Waals surface area contributed by atoms with Crippen LogP contribution in [0.15, 0.2) is 0 Å². The van der Waals surface area contributed by atoms with Gasteiger partial charge in [-0.25, -0.2) is 0 Å². The van der Waals surface area contributed by atoms with Crippen molar-refractivity contribution in [1.29, 1.82) is 0 Å². The van der Waals surface area contributed by atoms with E-state index in [-0.39, 0.29) is 0 Å². The van der Waals surface area contributed by atoms with Crippen molar-refractivity contribution in [2.75, 3.05) is 24.6 Å². The van der Waals surface area contributed by atoms with Crippen LogP contribution >= 0.6 is 17.2 Å². The van der Waals surface area contributed by atoms with Crippen molar-refractivity contribution >= 4 is 17.2 Å². The lowest BCUT2D eigenvalue weighted by Crippen LogP contribution is -1.90. The fraction of sp³-hybridized carbons (Fsp3) is 1.00. The van der Waals surface area contributed by atoms with Gasteiger partial charge in [0.1, 0.15) is 0 Å². The first-order valence-electron chi connectivity index (χ1n) is 4.27. The third-order valence-electron chi connectivity index (χ3n) is 1.82. The molecular weight excluding hydrogens is 158 g/mol. The molecule has 0 rings (SSSR count). The van der Waals surface area contributed by atoms with E-state index in [2.05, 4.69) is 23.1 Å². The first kappa shape index (κ1) is 10.9. The molecule has 0 fully saturated rings. The van der Waals surface area contributed by atoms with Crippen molar-refractivity contribution in [2.45, 2.75) is 26.7 Å². The maximum atomic E-state index is 2.80. The van der Waals surface area contributed by atoms with Gasteiger partial charge in [0.25, 0.3) is 0 Å². The maximum absolute atomic E-state index is 2.80. The van der Waals surface area contributed by atoms with Crippen LogP contribution in [0.3, 0.4) is 0 Å². The quantitative estimate of drug-likeness (QED) is 0.433. The second kappa shape index (κ2) is 7.96. The summed E-state index contributed by atoms with van der Waals surface area (Å²) >= 11 is 0. The van der Waals surface area contributed by atoms with E-state index in [1.807, 2.05) is 0 Å². The summed E-state index contributed by atoms with van der Waals surface area (Å²) in [7, 11) is 3.22. The lowest BCUT2D eigenvalue weighted by molar-refractivity contribution is 0.900. The summed E-state index contributed by atoms with van der Waals surface area (Å²) in [5.41, 5.74) is 0. The SMILES string of the molecule is CCP(CC)CCCCP. The Balaban J connectivity index is 3.09. The summed E-state index contributed by atoms with van der Waals surface area (Å²) in [6.07, 6.45) is 8.53. The van der Waals surface area contributed by atoms with Crippen molar-refractivity contribution in [2.24, 2.45) is 0 Å². The van der Waals surface area contributed by atoms with Gasteiger partial charge < -0.3 is 0 Å². The van der Waals surface area contributed by atoms with E-state index in [0.29, 0.717) is 7.92 Å². The molecule has 0 aromatic rings. The Hall–Kier alpha value is 0.860. The molecule has 0 amide bonds. The molecule has 2 heteroatoms. The van der Waals surface area contributed by atoms with E-state index in [1.165, 1.54) is 37.5 Å². The highest BCUT2D eigenvalue weighted by atomic mass is 31.1. The molecule has 1 unspecified atom stereocenters. The minimum atomic E-state index is 0.423. The van der Waals surface area contributed by atoms with E-state index in [9.17, 15) is 0 Å². The van der Waals surface area contributed by atoms with Crippen LogP contribution in [0.1, 0.15) is 26.7 Å². The fourth-order valence-electron chi connectivity index (χ4n) is 1.02. The molecular formula is C8H20P2. The van der Waals surface area contributed by atoms with Crippen molar-refractivity contribution in [3.05, 3.63) is 0 Å². The molecule has 62 valence electrons. The zero-order valence-electron chi connectivity index (χ0n) is 7.27. The highest BCUT2D eigenvalue weighted by Gasteiger charge is 1.99.